The zero-order valence-corrected chi connectivity index (χ0v) is 12.4. The summed E-state index contributed by atoms with van der Waals surface area (Å²) in [6.45, 7) is 0. The maximum Gasteiger partial charge on any atom is 0.123 e. The molecule has 0 aliphatic rings. The van der Waals surface area contributed by atoms with Crippen LogP contribution in [0, 0.1) is 5.41 Å². The van der Waals surface area contributed by atoms with E-state index in [9.17, 15) is 0 Å². The molecule has 2 nitrogen and oxygen atoms in total. The quantitative estimate of drug-likeness (QED) is 0.636. The lowest BCUT2D eigenvalue weighted by atomic mass is 10.2. The third-order valence-corrected chi connectivity index (χ3v) is 4.38. The molecule has 18 heavy (non-hydrogen) atoms. The Balaban J connectivity index is 2.41. The summed E-state index contributed by atoms with van der Waals surface area (Å²) in [5, 5.41) is 8.30. The zero-order chi connectivity index (χ0) is 13.1. The van der Waals surface area contributed by atoms with Crippen molar-refractivity contribution >= 4 is 45.1 Å². The number of rotatable bonds is 3. The van der Waals surface area contributed by atoms with Crippen molar-refractivity contribution in [3.63, 3.8) is 0 Å². The third kappa shape index (κ3) is 3.07. The van der Waals surface area contributed by atoms with Gasteiger partial charge in [0.2, 0.25) is 0 Å². The van der Waals surface area contributed by atoms with E-state index >= 15 is 0 Å². The van der Waals surface area contributed by atoms with Gasteiger partial charge in [0.25, 0.3) is 0 Å². The molecule has 0 aromatic heterocycles. The molecule has 0 bridgehead atoms. The van der Waals surface area contributed by atoms with Crippen molar-refractivity contribution in [3.05, 3.63) is 57.5 Å². The molecule has 0 spiro atoms. The van der Waals surface area contributed by atoms with Gasteiger partial charge in [0, 0.05) is 19.8 Å². The number of nitrogen functional groups attached to an aromatic ring is 1. The average Bonchev–Trinajstić information content (AvgIpc) is 2.34. The maximum absolute atomic E-state index is 7.60. The number of nitrogens with two attached hydrogens (primary N) is 1. The van der Waals surface area contributed by atoms with Gasteiger partial charge in [-0.25, -0.2) is 0 Å². The van der Waals surface area contributed by atoms with Crippen molar-refractivity contribution < 1.29 is 0 Å². The van der Waals surface area contributed by atoms with Crippen molar-refractivity contribution in [2.75, 3.05) is 0 Å². The van der Waals surface area contributed by atoms with E-state index in [0.29, 0.717) is 10.6 Å². The topological polar surface area (TPSA) is 49.9 Å². The average molecular weight is 342 g/mol. The summed E-state index contributed by atoms with van der Waals surface area (Å²) in [6, 6.07) is 13.3. The van der Waals surface area contributed by atoms with E-state index in [1.807, 2.05) is 42.5 Å². The lowest BCUT2D eigenvalue weighted by molar-refractivity contribution is 1.32. The predicted octanol–water partition coefficient (Wildman–Crippen LogP) is 4.54. The molecule has 0 radical (unpaired) electrons. The first-order valence-corrected chi connectivity index (χ1v) is 7.13. The summed E-state index contributed by atoms with van der Waals surface area (Å²) in [7, 11) is 0. The molecule has 2 aromatic rings. The number of hydrogen-bond acceptors (Lipinski definition) is 2. The number of halogens is 2. The molecule has 2 aromatic carbocycles. The molecule has 92 valence electrons. The first-order valence-electron chi connectivity index (χ1n) is 5.14. The monoisotopic (exact) mass is 340 g/mol. The van der Waals surface area contributed by atoms with Crippen molar-refractivity contribution in [3.8, 4) is 0 Å². The van der Waals surface area contributed by atoms with E-state index in [0.717, 1.165) is 14.3 Å². The van der Waals surface area contributed by atoms with E-state index in [4.69, 9.17) is 22.7 Å². The van der Waals surface area contributed by atoms with Crippen LogP contribution >= 0.6 is 39.3 Å². The standard InChI is InChI=1S/C13H10BrClN2S/c14-8-5-6-11(9(7-8)13(16)17)18-12-4-2-1-3-10(12)15/h1-7H,(H3,16,17). The van der Waals surface area contributed by atoms with Gasteiger partial charge in [0.05, 0.1) is 5.02 Å². The Morgan fingerprint density at radius 1 is 1.17 bits per heavy atom. The fraction of sp³-hybridized carbons (Fsp3) is 0. The van der Waals surface area contributed by atoms with Crippen LogP contribution in [0.5, 0.6) is 0 Å². The molecule has 0 fully saturated rings. The summed E-state index contributed by atoms with van der Waals surface area (Å²) < 4.78 is 0.899. The molecule has 0 amide bonds. The highest BCUT2D eigenvalue weighted by Gasteiger charge is 2.09. The summed E-state index contributed by atoms with van der Waals surface area (Å²) in [5.74, 6) is 0.0471. The van der Waals surface area contributed by atoms with Gasteiger partial charge in [-0.3, -0.25) is 5.41 Å². The van der Waals surface area contributed by atoms with Gasteiger partial charge in [-0.05, 0) is 30.3 Å². The van der Waals surface area contributed by atoms with E-state index in [-0.39, 0.29) is 5.84 Å². The molecule has 0 aliphatic heterocycles. The Morgan fingerprint density at radius 2 is 1.89 bits per heavy atom. The minimum Gasteiger partial charge on any atom is -0.384 e. The van der Waals surface area contributed by atoms with E-state index in [1.54, 1.807) is 0 Å². The van der Waals surface area contributed by atoms with Crippen molar-refractivity contribution in [2.24, 2.45) is 5.73 Å². The second-order valence-electron chi connectivity index (χ2n) is 3.59. The van der Waals surface area contributed by atoms with Crippen LogP contribution in [0.3, 0.4) is 0 Å². The van der Waals surface area contributed by atoms with Gasteiger partial charge in [-0.1, -0.05) is 51.4 Å². The first-order chi connectivity index (χ1) is 8.58. The van der Waals surface area contributed by atoms with Gasteiger partial charge < -0.3 is 5.73 Å². The van der Waals surface area contributed by atoms with Crippen LogP contribution in [-0.2, 0) is 0 Å². The molecule has 0 saturated heterocycles. The van der Waals surface area contributed by atoms with Gasteiger partial charge in [0.15, 0.2) is 0 Å². The molecule has 0 unspecified atom stereocenters. The Labute approximate surface area is 123 Å². The largest absolute Gasteiger partial charge is 0.384 e. The van der Waals surface area contributed by atoms with Gasteiger partial charge >= 0.3 is 0 Å². The highest BCUT2D eigenvalue weighted by Crippen LogP contribution is 2.35. The number of benzene rings is 2. The number of amidine groups is 1. The van der Waals surface area contributed by atoms with Crippen LogP contribution in [0.15, 0.2) is 56.7 Å². The minimum atomic E-state index is 0.0471. The van der Waals surface area contributed by atoms with Crippen LogP contribution < -0.4 is 5.73 Å². The summed E-state index contributed by atoms with van der Waals surface area (Å²) in [6.07, 6.45) is 0. The molecule has 3 N–H and O–H groups in total. The van der Waals surface area contributed by atoms with Crippen LogP contribution in [0.2, 0.25) is 5.02 Å². The summed E-state index contributed by atoms with van der Waals surface area (Å²) in [4.78, 5) is 1.86. The van der Waals surface area contributed by atoms with Crippen LogP contribution in [0.1, 0.15) is 5.56 Å². The Hall–Kier alpha value is -0.970. The molecule has 0 aliphatic carbocycles. The third-order valence-electron chi connectivity index (χ3n) is 2.29. The summed E-state index contributed by atoms with van der Waals surface area (Å²) in [5.41, 5.74) is 6.29. The van der Waals surface area contributed by atoms with Crippen molar-refractivity contribution in [1.82, 2.24) is 0 Å². The normalized spacial score (nSPS) is 10.3. The van der Waals surface area contributed by atoms with Crippen molar-refractivity contribution in [1.29, 1.82) is 5.41 Å². The highest BCUT2D eigenvalue weighted by atomic mass is 79.9. The second-order valence-corrected chi connectivity index (χ2v) is 5.99. The Bertz CT molecular complexity index is 601. The Kier molecular flexibility index (Phi) is 4.32. The first kappa shape index (κ1) is 13.5. The predicted molar refractivity (Wildman–Crippen MR) is 80.7 cm³/mol. The molecule has 0 saturated carbocycles. The molecule has 5 heteroatoms. The second kappa shape index (κ2) is 5.78. The fourth-order valence-electron chi connectivity index (χ4n) is 1.45. The van der Waals surface area contributed by atoms with Crippen LogP contribution in [-0.4, -0.2) is 5.84 Å². The van der Waals surface area contributed by atoms with Gasteiger partial charge in [-0.15, -0.1) is 0 Å². The van der Waals surface area contributed by atoms with E-state index < -0.39 is 0 Å². The molecular weight excluding hydrogens is 332 g/mol. The van der Waals surface area contributed by atoms with Crippen molar-refractivity contribution in [2.45, 2.75) is 9.79 Å². The number of nitrogens with one attached hydrogen (secondary N) is 1. The van der Waals surface area contributed by atoms with Crippen LogP contribution in [0.4, 0.5) is 0 Å². The highest BCUT2D eigenvalue weighted by molar-refractivity contribution is 9.10. The van der Waals surface area contributed by atoms with E-state index in [1.165, 1.54) is 11.8 Å². The van der Waals surface area contributed by atoms with Gasteiger partial charge in [0.1, 0.15) is 5.84 Å². The maximum atomic E-state index is 7.60. The fourth-order valence-corrected chi connectivity index (χ4v) is 3.02. The van der Waals surface area contributed by atoms with Gasteiger partial charge in [-0.2, -0.15) is 0 Å². The molecule has 2 rings (SSSR count). The lowest BCUT2D eigenvalue weighted by Gasteiger charge is -2.09. The SMILES string of the molecule is N=C(N)c1cc(Br)ccc1Sc1ccccc1Cl. The summed E-state index contributed by atoms with van der Waals surface area (Å²) >= 11 is 11.0. The number of hydrogen-bond donors (Lipinski definition) is 2. The van der Waals surface area contributed by atoms with E-state index in [2.05, 4.69) is 15.9 Å². The zero-order valence-electron chi connectivity index (χ0n) is 9.28. The van der Waals surface area contributed by atoms with Crippen LogP contribution in [0.25, 0.3) is 0 Å². The smallest absolute Gasteiger partial charge is 0.123 e. The Morgan fingerprint density at radius 3 is 2.56 bits per heavy atom. The molecule has 0 heterocycles. The lowest BCUT2D eigenvalue weighted by Crippen LogP contribution is -2.12. The minimum absolute atomic E-state index is 0.0471. The molecular formula is C13H10BrClN2S. The molecule has 0 atom stereocenters.